The van der Waals surface area contributed by atoms with Crippen LogP contribution in [0.4, 0.5) is 5.69 Å². The molecule has 4 nitrogen and oxygen atoms in total. The van der Waals surface area contributed by atoms with Gasteiger partial charge in [0.15, 0.2) is 0 Å². The van der Waals surface area contributed by atoms with Crippen LogP contribution in [0.1, 0.15) is 37.9 Å². The lowest BCUT2D eigenvalue weighted by atomic mass is 9.87. The Bertz CT molecular complexity index is 1270. The van der Waals surface area contributed by atoms with Crippen LogP contribution in [0.3, 0.4) is 0 Å². The summed E-state index contributed by atoms with van der Waals surface area (Å²) in [6.45, 7) is 7.42. The summed E-state index contributed by atoms with van der Waals surface area (Å²) < 4.78 is 28.7. The first-order valence-electron chi connectivity index (χ1n) is 11.0. The summed E-state index contributed by atoms with van der Waals surface area (Å²) >= 11 is 18.8. The average Bonchev–Trinajstić information content (AvgIpc) is 2.79. The van der Waals surface area contributed by atoms with Crippen LogP contribution in [0.25, 0.3) is 0 Å². The largest absolute Gasteiger partial charge is 0.361 e. The number of hydrogen-bond donors (Lipinski definition) is 0. The van der Waals surface area contributed by atoms with Gasteiger partial charge in [-0.1, -0.05) is 79.8 Å². The molecule has 1 aliphatic heterocycles. The Hall–Kier alpha value is -1.76. The fourth-order valence-electron chi connectivity index (χ4n) is 4.22. The first-order chi connectivity index (χ1) is 16.0. The van der Waals surface area contributed by atoms with Crippen molar-refractivity contribution in [3.63, 3.8) is 0 Å². The lowest BCUT2D eigenvalue weighted by Gasteiger charge is -2.42. The van der Waals surface area contributed by atoms with Crippen molar-refractivity contribution in [2.75, 3.05) is 24.5 Å². The Labute approximate surface area is 217 Å². The maximum Gasteiger partial charge on any atom is 0.243 e. The standard InChI is InChI=1S/C26H27Cl3N2O2S/c1-26(2,3)19-6-11-22(12-7-19)34(32,33)30-14-15-31(24-13-10-21(28)16-23(24)29)25(17-30)18-4-8-20(27)9-5-18/h4-13,16,25H,14-15,17H2,1-3H3. The molecule has 180 valence electrons. The highest BCUT2D eigenvalue weighted by molar-refractivity contribution is 7.89. The molecule has 1 unspecified atom stereocenters. The van der Waals surface area contributed by atoms with Crippen LogP contribution in [0.15, 0.2) is 71.6 Å². The molecular formula is C26H27Cl3N2O2S. The van der Waals surface area contributed by atoms with E-state index in [2.05, 4.69) is 25.7 Å². The summed E-state index contributed by atoms with van der Waals surface area (Å²) in [6, 6.07) is 19.8. The second-order valence-corrected chi connectivity index (χ2v) is 12.7. The Morgan fingerprint density at radius 2 is 1.44 bits per heavy atom. The van der Waals surface area contributed by atoms with E-state index < -0.39 is 10.0 Å². The second-order valence-electron chi connectivity index (χ2n) is 9.49. The quantitative estimate of drug-likeness (QED) is 0.353. The van der Waals surface area contributed by atoms with Crippen LogP contribution in [-0.4, -0.2) is 32.4 Å². The molecule has 34 heavy (non-hydrogen) atoms. The molecule has 1 heterocycles. The van der Waals surface area contributed by atoms with Crippen molar-refractivity contribution < 1.29 is 8.42 Å². The first-order valence-corrected chi connectivity index (χ1v) is 13.6. The lowest BCUT2D eigenvalue weighted by molar-refractivity contribution is 0.335. The minimum Gasteiger partial charge on any atom is -0.361 e. The number of halogens is 3. The third kappa shape index (κ3) is 5.24. The van der Waals surface area contributed by atoms with Crippen LogP contribution >= 0.6 is 34.8 Å². The van der Waals surface area contributed by atoms with Crippen molar-refractivity contribution in [2.45, 2.75) is 37.1 Å². The molecule has 0 saturated carbocycles. The van der Waals surface area contributed by atoms with Crippen LogP contribution in [0.2, 0.25) is 15.1 Å². The molecule has 1 saturated heterocycles. The van der Waals surface area contributed by atoms with Crippen molar-refractivity contribution in [1.82, 2.24) is 4.31 Å². The van der Waals surface area contributed by atoms with E-state index in [0.717, 1.165) is 16.8 Å². The van der Waals surface area contributed by atoms with Crippen LogP contribution < -0.4 is 4.90 Å². The molecule has 0 N–H and O–H groups in total. The van der Waals surface area contributed by atoms with Gasteiger partial charge in [0.1, 0.15) is 0 Å². The molecule has 8 heteroatoms. The summed E-state index contributed by atoms with van der Waals surface area (Å²) in [5.41, 5.74) is 2.81. The van der Waals surface area contributed by atoms with E-state index in [0.29, 0.717) is 33.1 Å². The number of hydrogen-bond acceptors (Lipinski definition) is 3. The molecule has 3 aromatic carbocycles. The summed E-state index contributed by atoms with van der Waals surface area (Å²) in [6.07, 6.45) is 0. The van der Waals surface area contributed by atoms with Gasteiger partial charge in [-0.05, 0) is 59.0 Å². The van der Waals surface area contributed by atoms with Crippen LogP contribution in [0, 0.1) is 0 Å². The molecule has 1 fully saturated rings. The maximum absolute atomic E-state index is 13.6. The van der Waals surface area contributed by atoms with Crippen molar-refractivity contribution in [3.05, 3.63) is 92.9 Å². The Balaban J connectivity index is 1.68. The van der Waals surface area contributed by atoms with E-state index in [1.807, 2.05) is 42.5 Å². The fourth-order valence-corrected chi connectivity index (χ4v) is 6.31. The highest BCUT2D eigenvalue weighted by Gasteiger charge is 2.36. The Kier molecular flexibility index (Phi) is 7.24. The van der Waals surface area contributed by atoms with E-state index in [1.54, 1.807) is 28.6 Å². The predicted octanol–water partition coefficient (Wildman–Crippen LogP) is 7.20. The summed E-state index contributed by atoms with van der Waals surface area (Å²) in [5.74, 6) is 0. The monoisotopic (exact) mass is 536 g/mol. The highest BCUT2D eigenvalue weighted by atomic mass is 35.5. The molecule has 0 radical (unpaired) electrons. The van der Waals surface area contributed by atoms with Gasteiger partial charge < -0.3 is 4.90 Å². The van der Waals surface area contributed by atoms with Gasteiger partial charge in [-0.2, -0.15) is 4.31 Å². The van der Waals surface area contributed by atoms with Gasteiger partial charge in [-0.25, -0.2) is 8.42 Å². The van der Waals surface area contributed by atoms with E-state index in [9.17, 15) is 8.42 Å². The van der Waals surface area contributed by atoms with E-state index in [1.165, 1.54) is 0 Å². The number of sulfonamides is 1. The Morgan fingerprint density at radius 1 is 0.824 bits per heavy atom. The highest BCUT2D eigenvalue weighted by Crippen LogP contribution is 2.38. The van der Waals surface area contributed by atoms with Gasteiger partial charge in [-0.3, -0.25) is 0 Å². The number of benzene rings is 3. The molecule has 0 aliphatic carbocycles. The minimum absolute atomic E-state index is 0.0502. The molecule has 3 aromatic rings. The zero-order valence-electron chi connectivity index (χ0n) is 19.3. The number of piperazine rings is 1. The molecule has 1 atom stereocenters. The van der Waals surface area contributed by atoms with Gasteiger partial charge >= 0.3 is 0 Å². The third-order valence-electron chi connectivity index (χ3n) is 6.18. The number of nitrogens with zero attached hydrogens (tertiary/aromatic N) is 2. The average molecular weight is 538 g/mol. The zero-order valence-corrected chi connectivity index (χ0v) is 22.4. The fraction of sp³-hybridized carbons (Fsp3) is 0.308. The zero-order chi connectivity index (χ0) is 24.7. The van der Waals surface area contributed by atoms with Crippen molar-refractivity contribution in [3.8, 4) is 0 Å². The summed E-state index contributed by atoms with van der Waals surface area (Å²) in [5, 5.41) is 1.70. The van der Waals surface area contributed by atoms with Gasteiger partial charge in [0, 0.05) is 29.7 Å². The molecule has 4 rings (SSSR count). The molecule has 0 aromatic heterocycles. The van der Waals surface area contributed by atoms with Crippen molar-refractivity contribution in [2.24, 2.45) is 0 Å². The van der Waals surface area contributed by atoms with Crippen molar-refractivity contribution >= 4 is 50.5 Å². The van der Waals surface area contributed by atoms with E-state index >= 15 is 0 Å². The number of anilines is 1. The topological polar surface area (TPSA) is 40.6 Å². The van der Waals surface area contributed by atoms with Crippen molar-refractivity contribution in [1.29, 1.82) is 0 Å². The van der Waals surface area contributed by atoms with Gasteiger partial charge in [0.25, 0.3) is 0 Å². The third-order valence-corrected chi connectivity index (χ3v) is 8.84. The first kappa shape index (κ1) is 25.3. The molecular weight excluding hydrogens is 511 g/mol. The molecule has 0 bridgehead atoms. The molecule has 1 aliphatic rings. The Morgan fingerprint density at radius 3 is 2.03 bits per heavy atom. The van der Waals surface area contributed by atoms with Gasteiger partial charge in [0.05, 0.1) is 21.6 Å². The molecule has 0 spiro atoms. The molecule has 0 amide bonds. The summed E-state index contributed by atoms with van der Waals surface area (Å²) in [4.78, 5) is 2.43. The lowest BCUT2D eigenvalue weighted by Crippen LogP contribution is -2.50. The van der Waals surface area contributed by atoms with Gasteiger partial charge in [-0.15, -0.1) is 0 Å². The van der Waals surface area contributed by atoms with E-state index in [-0.39, 0.29) is 18.0 Å². The van der Waals surface area contributed by atoms with Crippen LogP contribution in [-0.2, 0) is 15.4 Å². The summed E-state index contributed by atoms with van der Waals surface area (Å²) in [7, 11) is -3.67. The SMILES string of the molecule is CC(C)(C)c1ccc(S(=O)(=O)N2CCN(c3ccc(Cl)cc3Cl)C(c3ccc(Cl)cc3)C2)cc1. The van der Waals surface area contributed by atoms with E-state index in [4.69, 9.17) is 34.8 Å². The minimum atomic E-state index is -3.67. The smallest absolute Gasteiger partial charge is 0.243 e. The number of rotatable bonds is 4. The van der Waals surface area contributed by atoms with Gasteiger partial charge in [0.2, 0.25) is 10.0 Å². The second kappa shape index (κ2) is 9.71. The predicted molar refractivity (Wildman–Crippen MR) is 142 cm³/mol. The normalized spacial score (nSPS) is 17.7. The maximum atomic E-state index is 13.6. The van der Waals surface area contributed by atoms with Crippen LogP contribution in [0.5, 0.6) is 0 Å².